The molecule has 0 amide bonds. The van der Waals surface area contributed by atoms with Gasteiger partial charge in [-0.15, -0.1) is 6.58 Å². The molecule has 0 bridgehead atoms. The smallest absolute Gasteiger partial charge is 0.131 e. The molecule has 0 aliphatic heterocycles. The molecule has 0 fully saturated rings. The molecule has 0 saturated carbocycles. The number of unbranched alkanes of at least 4 members (excludes halogenated alkanes) is 3. The largest absolute Gasteiger partial charge is 0.206 e. The third-order valence-corrected chi connectivity index (χ3v) is 5.50. The van der Waals surface area contributed by atoms with Crippen molar-refractivity contribution in [2.75, 3.05) is 0 Å². The summed E-state index contributed by atoms with van der Waals surface area (Å²) in [6, 6.07) is 21.5. The molecule has 0 aromatic heterocycles. The highest BCUT2D eigenvalue weighted by molar-refractivity contribution is 5.83. The fourth-order valence-electron chi connectivity index (χ4n) is 3.53. The van der Waals surface area contributed by atoms with E-state index in [0.29, 0.717) is 11.1 Å². The quantitative estimate of drug-likeness (QED) is 0.129. The first-order valence-electron chi connectivity index (χ1n) is 11.3. The van der Waals surface area contributed by atoms with Crippen LogP contribution >= 0.6 is 0 Å². The maximum absolute atomic E-state index is 14.6. The first-order chi connectivity index (χ1) is 15.7. The summed E-state index contributed by atoms with van der Waals surface area (Å²) in [4.78, 5) is 0. The van der Waals surface area contributed by atoms with Crippen LogP contribution in [0.3, 0.4) is 0 Å². The van der Waals surface area contributed by atoms with Crippen LogP contribution in [0.1, 0.15) is 54.9 Å². The second-order valence-corrected chi connectivity index (χ2v) is 7.91. The Morgan fingerprint density at radius 2 is 1.44 bits per heavy atom. The van der Waals surface area contributed by atoms with E-state index in [-0.39, 0.29) is 5.82 Å². The summed E-state index contributed by atoms with van der Waals surface area (Å²) in [5.41, 5.74) is 5.72. The van der Waals surface area contributed by atoms with Crippen molar-refractivity contribution in [3.63, 3.8) is 0 Å². The number of hydrogen-bond donors (Lipinski definition) is 0. The second kappa shape index (κ2) is 12.5. The van der Waals surface area contributed by atoms with E-state index >= 15 is 0 Å². The molecule has 3 heteroatoms. The van der Waals surface area contributed by atoms with Gasteiger partial charge in [0.1, 0.15) is 5.82 Å². The van der Waals surface area contributed by atoms with Gasteiger partial charge in [-0.3, -0.25) is 0 Å². The van der Waals surface area contributed by atoms with Gasteiger partial charge < -0.3 is 0 Å². The van der Waals surface area contributed by atoms with Crippen LogP contribution in [0.15, 0.2) is 89.6 Å². The van der Waals surface area contributed by atoms with Gasteiger partial charge in [-0.1, -0.05) is 80.1 Å². The summed E-state index contributed by atoms with van der Waals surface area (Å²) in [7, 11) is 0. The van der Waals surface area contributed by atoms with E-state index in [1.807, 2.05) is 36.4 Å². The van der Waals surface area contributed by atoms with Gasteiger partial charge in [0, 0.05) is 5.56 Å². The molecule has 0 N–H and O–H groups in total. The standard InChI is InChI=1S/C29H31FN2/c1-3-5-6-7-8-9-24-10-12-25(13-11-24)21-31-32-22-26-16-19-28(29(30)20-26)27-17-14-23(4-2)15-18-27/h3,10-22H,1,4-9H2,2H3. The maximum atomic E-state index is 14.6. The monoisotopic (exact) mass is 426 g/mol. The van der Waals surface area contributed by atoms with Crippen molar-refractivity contribution in [3.8, 4) is 11.1 Å². The predicted molar refractivity (Wildman–Crippen MR) is 135 cm³/mol. The molecule has 32 heavy (non-hydrogen) atoms. The fourth-order valence-corrected chi connectivity index (χ4v) is 3.53. The van der Waals surface area contributed by atoms with E-state index < -0.39 is 0 Å². The lowest BCUT2D eigenvalue weighted by molar-refractivity contribution is 0.631. The lowest BCUT2D eigenvalue weighted by atomic mass is 10.0. The Morgan fingerprint density at radius 1 is 0.781 bits per heavy atom. The molecule has 0 spiro atoms. The van der Waals surface area contributed by atoms with E-state index in [4.69, 9.17) is 0 Å². The van der Waals surface area contributed by atoms with Crippen molar-refractivity contribution in [3.05, 3.63) is 107 Å². The average Bonchev–Trinajstić information content (AvgIpc) is 2.83. The molecule has 0 unspecified atom stereocenters. The summed E-state index contributed by atoms with van der Waals surface area (Å²) < 4.78 is 14.6. The Labute approximate surface area is 191 Å². The van der Waals surface area contributed by atoms with Gasteiger partial charge in [-0.2, -0.15) is 10.2 Å². The highest BCUT2D eigenvalue weighted by Gasteiger charge is 2.05. The molecule has 3 aromatic rings. The third-order valence-electron chi connectivity index (χ3n) is 5.50. The Morgan fingerprint density at radius 3 is 2.09 bits per heavy atom. The molecule has 3 rings (SSSR count). The van der Waals surface area contributed by atoms with Gasteiger partial charge in [-0.25, -0.2) is 4.39 Å². The minimum atomic E-state index is -0.262. The van der Waals surface area contributed by atoms with E-state index in [2.05, 4.69) is 48.0 Å². The normalized spacial score (nSPS) is 11.4. The predicted octanol–water partition coefficient (Wildman–Crippen LogP) is 7.80. The summed E-state index contributed by atoms with van der Waals surface area (Å²) in [5, 5.41) is 8.18. The topological polar surface area (TPSA) is 24.7 Å². The van der Waals surface area contributed by atoms with Gasteiger partial charge >= 0.3 is 0 Å². The lowest BCUT2D eigenvalue weighted by Crippen LogP contribution is -1.89. The summed E-state index contributed by atoms with van der Waals surface area (Å²) in [6.07, 6.45) is 12.1. The number of nitrogens with zero attached hydrogens (tertiary/aromatic N) is 2. The van der Waals surface area contributed by atoms with Crippen molar-refractivity contribution >= 4 is 12.4 Å². The molecule has 0 saturated heterocycles. The SMILES string of the molecule is C=CCCCCCc1ccc(C=NN=Cc2ccc(-c3ccc(CC)cc3)c(F)c2)cc1. The molecule has 0 heterocycles. The van der Waals surface area contributed by atoms with Crippen LogP contribution in [0.4, 0.5) is 4.39 Å². The van der Waals surface area contributed by atoms with E-state index in [9.17, 15) is 4.39 Å². The van der Waals surface area contributed by atoms with Gasteiger partial charge in [0.2, 0.25) is 0 Å². The molecule has 0 radical (unpaired) electrons. The third kappa shape index (κ3) is 7.12. The Hall–Kier alpha value is -3.33. The molecular formula is C29H31FN2. The minimum absolute atomic E-state index is 0.262. The first kappa shape index (κ1) is 23.3. The average molecular weight is 427 g/mol. The highest BCUT2D eigenvalue weighted by Crippen LogP contribution is 2.24. The van der Waals surface area contributed by atoms with Crippen molar-refractivity contribution < 1.29 is 4.39 Å². The van der Waals surface area contributed by atoms with Crippen LogP contribution in [0.2, 0.25) is 0 Å². The van der Waals surface area contributed by atoms with Crippen LogP contribution in [-0.2, 0) is 12.8 Å². The number of rotatable bonds is 11. The van der Waals surface area contributed by atoms with Crippen molar-refractivity contribution in [1.29, 1.82) is 0 Å². The van der Waals surface area contributed by atoms with E-state index in [0.717, 1.165) is 30.4 Å². The molecule has 0 aliphatic rings. The van der Waals surface area contributed by atoms with Gasteiger partial charge in [0.05, 0.1) is 12.4 Å². The molecule has 0 aliphatic carbocycles. The number of aryl methyl sites for hydroxylation is 2. The van der Waals surface area contributed by atoms with Crippen LogP contribution in [-0.4, -0.2) is 12.4 Å². The van der Waals surface area contributed by atoms with E-state index in [1.54, 1.807) is 18.5 Å². The molecular weight excluding hydrogens is 395 g/mol. The number of halogens is 1. The summed E-state index contributed by atoms with van der Waals surface area (Å²) in [6.45, 7) is 5.86. The Bertz CT molecular complexity index is 1050. The van der Waals surface area contributed by atoms with Gasteiger partial charge in [0.15, 0.2) is 0 Å². The molecule has 3 aromatic carbocycles. The zero-order valence-electron chi connectivity index (χ0n) is 18.8. The Balaban J connectivity index is 1.53. The van der Waals surface area contributed by atoms with Crippen LogP contribution in [0.5, 0.6) is 0 Å². The minimum Gasteiger partial charge on any atom is -0.206 e. The maximum Gasteiger partial charge on any atom is 0.131 e. The first-order valence-corrected chi connectivity index (χ1v) is 11.3. The van der Waals surface area contributed by atoms with E-state index in [1.165, 1.54) is 36.5 Å². The van der Waals surface area contributed by atoms with Gasteiger partial charge in [-0.05, 0) is 66.0 Å². The van der Waals surface area contributed by atoms with Crippen molar-refractivity contribution in [2.24, 2.45) is 10.2 Å². The van der Waals surface area contributed by atoms with Crippen LogP contribution in [0.25, 0.3) is 11.1 Å². The second-order valence-electron chi connectivity index (χ2n) is 7.91. The van der Waals surface area contributed by atoms with Crippen molar-refractivity contribution in [2.45, 2.75) is 45.4 Å². The van der Waals surface area contributed by atoms with Crippen LogP contribution in [0, 0.1) is 5.82 Å². The zero-order valence-corrected chi connectivity index (χ0v) is 18.8. The summed E-state index contributed by atoms with van der Waals surface area (Å²) >= 11 is 0. The number of allylic oxidation sites excluding steroid dienone is 1. The lowest BCUT2D eigenvalue weighted by Gasteiger charge is -2.05. The summed E-state index contributed by atoms with van der Waals surface area (Å²) in [5.74, 6) is -0.262. The Kier molecular flexibility index (Phi) is 9.12. The molecule has 0 atom stereocenters. The zero-order chi connectivity index (χ0) is 22.6. The van der Waals surface area contributed by atoms with Gasteiger partial charge in [0.25, 0.3) is 0 Å². The highest BCUT2D eigenvalue weighted by atomic mass is 19.1. The molecule has 2 nitrogen and oxygen atoms in total. The van der Waals surface area contributed by atoms with Crippen LogP contribution < -0.4 is 0 Å². The molecule has 164 valence electrons. The number of benzene rings is 3. The fraction of sp³-hybridized carbons (Fsp3) is 0.241. The van der Waals surface area contributed by atoms with Crippen molar-refractivity contribution in [1.82, 2.24) is 0 Å². The number of hydrogen-bond acceptors (Lipinski definition) is 2.